The van der Waals surface area contributed by atoms with Crippen LogP contribution < -0.4 is 10.1 Å². The number of nitrogens with one attached hydrogen (secondary N) is 1. The minimum atomic E-state index is -3.77. The van der Waals surface area contributed by atoms with Crippen LogP contribution in [0.1, 0.15) is 20.7 Å². The number of hydrogen-bond acceptors (Lipinski definition) is 8. The summed E-state index contributed by atoms with van der Waals surface area (Å²) in [6, 6.07) is 9.97. The smallest absolute Gasteiger partial charge is 0.338 e. The third kappa shape index (κ3) is 4.64. The van der Waals surface area contributed by atoms with Crippen molar-refractivity contribution in [2.75, 3.05) is 44.8 Å². The number of esters is 1. The van der Waals surface area contributed by atoms with Gasteiger partial charge in [0, 0.05) is 18.7 Å². The number of ether oxygens (including phenoxy) is 3. The lowest BCUT2D eigenvalue weighted by Crippen LogP contribution is -2.40. The van der Waals surface area contributed by atoms with E-state index < -0.39 is 28.4 Å². The summed E-state index contributed by atoms with van der Waals surface area (Å²) in [4.78, 5) is 36.3. The Morgan fingerprint density at radius 1 is 1.06 bits per heavy atom. The van der Waals surface area contributed by atoms with Gasteiger partial charge in [0.1, 0.15) is 5.75 Å². The lowest BCUT2D eigenvalue weighted by Gasteiger charge is -2.26. The van der Waals surface area contributed by atoms with E-state index in [2.05, 4.69) is 5.32 Å². The number of ketones is 1. The van der Waals surface area contributed by atoms with Gasteiger partial charge in [0.15, 0.2) is 19.0 Å². The Morgan fingerprint density at radius 2 is 1.84 bits per heavy atom. The lowest BCUT2D eigenvalue weighted by molar-refractivity contribution is -0.118. The van der Waals surface area contributed by atoms with Crippen LogP contribution in [0.3, 0.4) is 0 Å². The molecule has 0 unspecified atom stereocenters. The van der Waals surface area contributed by atoms with Crippen LogP contribution in [0.2, 0.25) is 0 Å². The fraction of sp³-hybridized carbons (Fsp3) is 0.286. The largest absolute Gasteiger partial charge is 0.482 e. The van der Waals surface area contributed by atoms with E-state index in [0.717, 1.165) is 0 Å². The van der Waals surface area contributed by atoms with Crippen LogP contribution in [0.15, 0.2) is 47.4 Å². The Morgan fingerprint density at radius 3 is 2.62 bits per heavy atom. The number of Topliss-reactive ketones (excluding diaryl/α,β-unsaturated/α-hetero) is 1. The maximum Gasteiger partial charge on any atom is 0.338 e. The van der Waals surface area contributed by atoms with Gasteiger partial charge in [0.25, 0.3) is 5.91 Å². The van der Waals surface area contributed by atoms with Gasteiger partial charge >= 0.3 is 5.97 Å². The van der Waals surface area contributed by atoms with Crippen molar-refractivity contribution < 1.29 is 37.0 Å². The molecule has 168 valence electrons. The van der Waals surface area contributed by atoms with Crippen molar-refractivity contribution in [3.05, 3.63) is 53.6 Å². The standard InChI is InChI=1S/C21H20N2O8S/c24-18(14-4-5-19-17(11-14)22-20(25)13-30-19)12-31-21(26)15-2-1-3-16(10-15)32(27,28)23-6-8-29-9-7-23/h1-5,10-11H,6-9,12-13H2,(H,22,25). The highest BCUT2D eigenvalue weighted by Crippen LogP contribution is 2.28. The molecule has 0 aromatic heterocycles. The molecule has 0 atom stereocenters. The van der Waals surface area contributed by atoms with E-state index in [0.29, 0.717) is 24.7 Å². The van der Waals surface area contributed by atoms with Crippen molar-refractivity contribution in [1.29, 1.82) is 0 Å². The molecule has 1 amide bonds. The first kappa shape index (κ1) is 21.9. The van der Waals surface area contributed by atoms with Gasteiger partial charge in [-0.05, 0) is 36.4 Å². The first-order valence-corrected chi connectivity index (χ1v) is 11.2. The molecule has 2 aliphatic heterocycles. The van der Waals surface area contributed by atoms with Crippen molar-refractivity contribution in [1.82, 2.24) is 4.31 Å². The third-order valence-corrected chi connectivity index (χ3v) is 6.84. The number of hydrogen-bond donors (Lipinski definition) is 1. The van der Waals surface area contributed by atoms with E-state index in [9.17, 15) is 22.8 Å². The fourth-order valence-electron chi connectivity index (χ4n) is 3.27. The molecule has 1 saturated heterocycles. The summed E-state index contributed by atoms with van der Waals surface area (Å²) in [6.45, 7) is 0.434. The Labute approximate surface area is 184 Å². The summed E-state index contributed by atoms with van der Waals surface area (Å²) < 4.78 is 42.4. The molecule has 2 aliphatic rings. The number of sulfonamides is 1. The van der Waals surface area contributed by atoms with Gasteiger partial charge in [0.05, 0.1) is 29.4 Å². The van der Waals surface area contributed by atoms with Crippen LogP contribution in [0.5, 0.6) is 5.75 Å². The molecule has 0 radical (unpaired) electrons. The zero-order valence-corrected chi connectivity index (χ0v) is 17.7. The molecule has 0 aliphatic carbocycles. The molecule has 0 saturated carbocycles. The van der Waals surface area contributed by atoms with Gasteiger partial charge in [-0.25, -0.2) is 13.2 Å². The summed E-state index contributed by atoms with van der Waals surface area (Å²) in [5, 5.41) is 2.60. The molecule has 0 spiro atoms. The highest BCUT2D eigenvalue weighted by Gasteiger charge is 2.27. The number of rotatable bonds is 6. The normalized spacial score (nSPS) is 16.4. The van der Waals surface area contributed by atoms with Gasteiger partial charge in [-0.3, -0.25) is 9.59 Å². The Hall–Kier alpha value is -3.28. The molecule has 2 aromatic rings. The van der Waals surface area contributed by atoms with E-state index in [-0.39, 0.29) is 41.6 Å². The minimum absolute atomic E-state index is 0.0123. The Balaban J connectivity index is 1.42. The predicted octanol–water partition coefficient (Wildman–Crippen LogP) is 1.08. The zero-order valence-electron chi connectivity index (χ0n) is 16.9. The zero-order chi connectivity index (χ0) is 22.7. The predicted molar refractivity (Wildman–Crippen MR) is 111 cm³/mol. The highest BCUT2D eigenvalue weighted by molar-refractivity contribution is 7.89. The number of benzene rings is 2. The minimum Gasteiger partial charge on any atom is -0.482 e. The highest BCUT2D eigenvalue weighted by atomic mass is 32.2. The van der Waals surface area contributed by atoms with Gasteiger partial charge in [-0.15, -0.1) is 0 Å². The summed E-state index contributed by atoms with van der Waals surface area (Å²) >= 11 is 0. The first-order valence-electron chi connectivity index (χ1n) is 9.79. The molecule has 1 fully saturated rings. The summed E-state index contributed by atoms with van der Waals surface area (Å²) in [7, 11) is -3.77. The topological polar surface area (TPSA) is 128 Å². The van der Waals surface area contributed by atoms with Gasteiger partial charge in [-0.1, -0.05) is 6.07 Å². The van der Waals surface area contributed by atoms with Crippen LogP contribution in [-0.2, 0) is 24.3 Å². The Bertz CT molecular complexity index is 1170. The van der Waals surface area contributed by atoms with Crippen molar-refractivity contribution in [3.63, 3.8) is 0 Å². The van der Waals surface area contributed by atoms with Crippen molar-refractivity contribution in [2.24, 2.45) is 0 Å². The molecule has 1 N–H and O–H groups in total. The van der Waals surface area contributed by atoms with Gasteiger partial charge in [-0.2, -0.15) is 4.31 Å². The summed E-state index contributed by atoms with van der Waals surface area (Å²) in [6.07, 6.45) is 0. The van der Waals surface area contributed by atoms with E-state index >= 15 is 0 Å². The van der Waals surface area contributed by atoms with E-state index in [1.54, 1.807) is 6.07 Å². The second kappa shape index (κ2) is 9.07. The number of amides is 1. The molecule has 2 aromatic carbocycles. The molecular weight excluding hydrogens is 440 g/mol. The fourth-order valence-corrected chi connectivity index (χ4v) is 4.73. The quantitative estimate of drug-likeness (QED) is 0.501. The van der Waals surface area contributed by atoms with Crippen molar-refractivity contribution in [3.8, 4) is 5.75 Å². The average Bonchev–Trinajstić information content (AvgIpc) is 2.82. The average molecular weight is 460 g/mol. The van der Waals surface area contributed by atoms with Gasteiger partial charge < -0.3 is 19.5 Å². The second-order valence-corrected chi connectivity index (χ2v) is 9.03. The van der Waals surface area contributed by atoms with Crippen molar-refractivity contribution >= 4 is 33.4 Å². The molecule has 11 heteroatoms. The lowest BCUT2D eigenvalue weighted by atomic mass is 10.1. The molecule has 4 rings (SSSR count). The molecule has 2 heterocycles. The molecule has 0 bridgehead atoms. The number of fused-ring (bicyclic) bond motifs is 1. The van der Waals surface area contributed by atoms with Crippen LogP contribution in [0.25, 0.3) is 0 Å². The number of carbonyl (C=O) groups excluding carboxylic acids is 3. The van der Waals surface area contributed by atoms with Crippen LogP contribution in [-0.4, -0.2) is 69.9 Å². The molecule has 10 nitrogen and oxygen atoms in total. The SMILES string of the molecule is O=C1COc2ccc(C(=O)COC(=O)c3cccc(S(=O)(=O)N4CCOCC4)c3)cc2N1. The molecular formula is C21H20N2O8S. The van der Waals surface area contributed by atoms with Crippen LogP contribution in [0.4, 0.5) is 5.69 Å². The maximum absolute atomic E-state index is 12.8. The van der Waals surface area contributed by atoms with Gasteiger partial charge in [0.2, 0.25) is 10.0 Å². The number of carbonyl (C=O) groups is 3. The molecule has 32 heavy (non-hydrogen) atoms. The third-order valence-electron chi connectivity index (χ3n) is 4.95. The van der Waals surface area contributed by atoms with E-state index in [1.807, 2.05) is 0 Å². The monoisotopic (exact) mass is 460 g/mol. The number of morpholine rings is 1. The van der Waals surface area contributed by atoms with E-state index in [4.69, 9.17) is 14.2 Å². The van der Waals surface area contributed by atoms with Crippen LogP contribution in [0, 0.1) is 0 Å². The first-order chi connectivity index (χ1) is 15.3. The summed E-state index contributed by atoms with van der Waals surface area (Å²) in [5.74, 6) is -1.21. The van der Waals surface area contributed by atoms with Crippen LogP contribution >= 0.6 is 0 Å². The van der Waals surface area contributed by atoms with E-state index in [1.165, 1.54) is 40.7 Å². The second-order valence-electron chi connectivity index (χ2n) is 7.09. The summed E-state index contributed by atoms with van der Waals surface area (Å²) in [5.41, 5.74) is 0.601. The van der Waals surface area contributed by atoms with Crippen molar-refractivity contribution in [2.45, 2.75) is 4.90 Å². The maximum atomic E-state index is 12.8. The Kier molecular flexibility index (Phi) is 6.21. The number of anilines is 1. The number of nitrogens with zero attached hydrogens (tertiary/aromatic N) is 1.